The van der Waals surface area contributed by atoms with Crippen LogP contribution in [0.5, 0.6) is 28.7 Å². The third kappa shape index (κ3) is 10.9. The van der Waals surface area contributed by atoms with Gasteiger partial charge >= 0.3 is 5.97 Å². The van der Waals surface area contributed by atoms with E-state index in [-0.39, 0.29) is 58.8 Å². The number of pyridine rings is 1. The maximum atomic E-state index is 14.1. The predicted octanol–water partition coefficient (Wildman–Crippen LogP) is 8.70. The average Bonchev–Trinajstić information content (AvgIpc) is 1.67. The molecular weight excluding hydrogens is 1170 g/mol. The van der Waals surface area contributed by atoms with E-state index >= 15 is 0 Å². The van der Waals surface area contributed by atoms with Crippen molar-refractivity contribution in [3.05, 3.63) is 119 Å². The van der Waals surface area contributed by atoms with Gasteiger partial charge in [-0.2, -0.15) is 0 Å². The van der Waals surface area contributed by atoms with Crippen LogP contribution in [-0.2, 0) is 33.5 Å². The first-order valence-electron chi connectivity index (χ1n) is 34.4. The van der Waals surface area contributed by atoms with Crippen molar-refractivity contribution in [2.75, 3.05) is 33.3 Å². The van der Waals surface area contributed by atoms with E-state index in [1.165, 1.54) is 24.3 Å². The smallest absolute Gasteiger partial charge is 0.302 e. The number of nitrogens with two attached hydrogens (primary N) is 1. The molecule has 19 nitrogen and oxygen atoms in total. The van der Waals surface area contributed by atoms with Crippen LogP contribution < -0.4 is 41.8 Å². The van der Waals surface area contributed by atoms with E-state index in [2.05, 4.69) is 89.2 Å². The highest BCUT2D eigenvalue weighted by atomic mass is 16.6. The van der Waals surface area contributed by atoms with Gasteiger partial charge in [-0.15, -0.1) is 5.92 Å². The Morgan fingerprint density at radius 1 is 0.989 bits per heavy atom. The van der Waals surface area contributed by atoms with Crippen LogP contribution in [-0.4, -0.2) is 116 Å². The van der Waals surface area contributed by atoms with Crippen molar-refractivity contribution in [3.8, 4) is 52.4 Å². The Balaban J connectivity index is 0.908. The number of aryl methyl sites for hydroxylation is 1. The molecule has 10 aliphatic rings. The van der Waals surface area contributed by atoms with E-state index < -0.39 is 65.1 Å². The number of phenolic OH excluding ortho intramolecular Hbond substituents is 3. The first kappa shape index (κ1) is 61.4. The lowest BCUT2D eigenvalue weighted by atomic mass is 9.51. The van der Waals surface area contributed by atoms with Gasteiger partial charge in [-0.1, -0.05) is 55.2 Å². The van der Waals surface area contributed by atoms with Crippen molar-refractivity contribution >= 4 is 22.8 Å². The molecule has 4 bridgehead atoms. The summed E-state index contributed by atoms with van der Waals surface area (Å²) in [4.78, 5) is 27.1. The van der Waals surface area contributed by atoms with E-state index in [9.17, 15) is 25.2 Å². The molecule has 2 aromatic carbocycles. The minimum absolute atomic E-state index is 0.0192. The average molecular weight is 1260 g/mol. The Labute approximate surface area is 544 Å². The number of hydrogen-bond donors (Lipinski definition) is 11. The molecule has 4 saturated carbocycles. The second-order valence-electron chi connectivity index (χ2n) is 28.7. The van der Waals surface area contributed by atoms with E-state index in [1.54, 1.807) is 24.5 Å². The van der Waals surface area contributed by atoms with Crippen molar-refractivity contribution in [1.29, 1.82) is 0 Å². The molecule has 490 valence electrons. The fourth-order valence-electron chi connectivity index (χ4n) is 19.3. The largest absolute Gasteiger partial charge is 0.504 e. The minimum atomic E-state index is -1.07. The summed E-state index contributed by atoms with van der Waals surface area (Å²) in [6, 6.07) is 14.8. The molecule has 6 aliphatic heterocycles. The van der Waals surface area contributed by atoms with Gasteiger partial charge in [-0.25, -0.2) is 0 Å². The number of carbonyl (C=O) groups excluding carboxylic acids is 1. The second-order valence-corrected chi connectivity index (χ2v) is 28.7. The highest BCUT2D eigenvalue weighted by molar-refractivity contribution is 5.85. The fourth-order valence-corrected chi connectivity index (χ4v) is 19.3. The number of nitrogens with one attached hydrogen (secondary N) is 6. The monoisotopic (exact) mass is 1260 g/mol. The normalized spacial score (nSPS) is 35.3. The third-order valence-corrected chi connectivity index (χ3v) is 23.7. The van der Waals surface area contributed by atoms with E-state index in [0.717, 1.165) is 86.4 Å². The number of guanidine groups is 1. The number of aromatic hydroxyl groups is 3. The Morgan fingerprint density at radius 3 is 2.74 bits per heavy atom. The number of aliphatic hydroxyl groups excluding tert-OH is 1. The molecule has 2 saturated heterocycles. The van der Waals surface area contributed by atoms with Crippen molar-refractivity contribution in [1.82, 2.24) is 41.1 Å². The highest BCUT2D eigenvalue weighted by Gasteiger charge is 2.70. The summed E-state index contributed by atoms with van der Waals surface area (Å²) < 4.78 is 30.2. The zero-order valence-corrected chi connectivity index (χ0v) is 53.5. The molecule has 15 rings (SSSR count). The summed E-state index contributed by atoms with van der Waals surface area (Å²) in [6.07, 6.45) is 21.9. The van der Waals surface area contributed by atoms with Crippen LogP contribution in [0.1, 0.15) is 144 Å². The number of ether oxygens (including phenoxy) is 4. The molecule has 16 atom stereocenters. The summed E-state index contributed by atoms with van der Waals surface area (Å²) in [7, 11) is 2.05. The summed E-state index contributed by atoms with van der Waals surface area (Å²) in [5.41, 5.74) is 9.29. The van der Waals surface area contributed by atoms with Gasteiger partial charge in [0.05, 0.1) is 47.0 Å². The Hall–Kier alpha value is -7.81. The van der Waals surface area contributed by atoms with Crippen LogP contribution >= 0.6 is 0 Å². The predicted molar refractivity (Wildman–Crippen MR) is 352 cm³/mol. The molecule has 5 aromatic rings. The number of dihydropyridines is 1. The second kappa shape index (κ2) is 24.8. The molecule has 0 amide bonds. The van der Waals surface area contributed by atoms with Crippen LogP contribution in [0.15, 0.2) is 102 Å². The number of aromatic amines is 1. The Morgan fingerprint density at radius 2 is 1.88 bits per heavy atom. The molecule has 16 unspecified atom stereocenters. The lowest BCUT2D eigenvalue weighted by molar-refractivity contribution is -0.219. The number of phenols is 3. The zero-order chi connectivity index (χ0) is 63.6. The highest BCUT2D eigenvalue weighted by Crippen LogP contribution is 2.62. The van der Waals surface area contributed by atoms with Crippen molar-refractivity contribution in [2.24, 2.45) is 56.6 Å². The summed E-state index contributed by atoms with van der Waals surface area (Å²) in [5, 5.41) is 69.5. The van der Waals surface area contributed by atoms with Gasteiger partial charge in [0.2, 0.25) is 5.75 Å². The quantitative estimate of drug-likeness (QED) is 0.0317. The molecule has 93 heavy (non-hydrogen) atoms. The number of esters is 1. The molecule has 12 N–H and O–H groups in total. The maximum absolute atomic E-state index is 14.1. The topological polar surface area (TPSA) is 267 Å². The number of nitrogens with zero attached hydrogens (tertiary/aromatic N) is 3. The number of aliphatic imine (C=N–C) groups is 1. The Bertz CT molecular complexity index is 3880. The van der Waals surface area contributed by atoms with Gasteiger partial charge in [0, 0.05) is 104 Å². The number of fused-ring (bicyclic) bond motifs is 8. The zero-order valence-electron chi connectivity index (χ0n) is 53.5. The van der Waals surface area contributed by atoms with Crippen molar-refractivity contribution in [2.45, 2.75) is 177 Å². The van der Waals surface area contributed by atoms with Gasteiger partial charge < -0.3 is 75.9 Å². The van der Waals surface area contributed by atoms with Gasteiger partial charge in [0.15, 0.2) is 29.0 Å². The number of rotatable bonds is 12. The number of H-pyrrole nitrogens is 1. The standard InChI is InChI=1S/C74H90N10O9/c1-44(85)91-62-37-61(49-35-59(87)66(88)64(36-49)90-32-24-45-9-8-29-77-40-45)93-67-53(62)18-16-50-17-19-54-60-14-7-27-74(54)73(69(89)81-55-13-4-3-10-48(55)11-5-26-72(50,67)39-46-15-20-58(86)63(33-46)92-60)28-21-57-52-23-31-78-56(52)42-84(57)68(73)82-70(83-74)80-43-71(25-6-12-51(71)41-76-2)38-47-22-30-79-65(75)34-47/h8-9,15,20,22-23,29,31,33-36,40,42,48,50-51,53-55,60-62,67-69,76,78-79,81,86-89H,3-4,6-7,10,12-14,16,18,21,24-28,30,32,37-39,41,43,75H2,1-2H3,(H2,80,82,83). The number of hydrogen-bond acceptors (Lipinski definition) is 15. The molecule has 6 fully saturated rings. The fraction of sp³-hybridized carbons (Fsp3) is 0.554. The van der Waals surface area contributed by atoms with Crippen molar-refractivity contribution in [3.63, 3.8) is 0 Å². The number of aliphatic hydroxyl groups is 1. The maximum Gasteiger partial charge on any atom is 0.302 e. The van der Waals surface area contributed by atoms with Gasteiger partial charge in [0.25, 0.3) is 0 Å². The molecule has 9 heterocycles. The van der Waals surface area contributed by atoms with Gasteiger partial charge in [-0.3, -0.25) is 20.1 Å². The summed E-state index contributed by atoms with van der Waals surface area (Å²) in [5.74, 6) is 15.8. The first-order valence-corrected chi connectivity index (χ1v) is 34.4. The van der Waals surface area contributed by atoms with Crippen LogP contribution in [0.25, 0.3) is 10.9 Å². The van der Waals surface area contributed by atoms with E-state index in [0.29, 0.717) is 106 Å². The minimum Gasteiger partial charge on any atom is -0.504 e. The molecular formula is C74H90N10O9. The molecule has 0 radical (unpaired) electrons. The first-order chi connectivity index (χ1) is 45.2. The lowest BCUT2D eigenvalue weighted by Gasteiger charge is -2.65. The third-order valence-electron chi connectivity index (χ3n) is 23.7. The molecule has 2 spiro atoms. The molecule has 3 aromatic heterocycles. The van der Waals surface area contributed by atoms with Crippen molar-refractivity contribution < 1.29 is 44.2 Å². The van der Waals surface area contributed by atoms with E-state index in [1.807, 2.05) is 37.5 Å². The van der Waals surface area contributed by atoms with E-state index in [4.69, 9.17) is 29.7 Å². The van der Waals surface area contributed by atoms with Gasteiger partial charge in [0.1, 0.15) is 24.6 Å². The number of carbonyl (C=O) groups is 1. The summed E-state index contributed by atoms with van der Waals surface area (Å²) in [6.45, 7) is 3.77. The van der Waals surface area contributed by atoms with Crippen LogP contribution in [0.3, 0.4) is 0 Å². The number of aromatic nitrogens is 3. The number of allylic oxidation sites excluding steroid dienone is 2. The van der Waals surface area contributed by atoms with Crippen LogP contribution in [0.2, 0.25) is 0 Å². The van der Waals surface area contributed by atoms with Crippen LogP contribution in [0.4, 0.5) is 0 Å². The summed E-state index contributed by atoms with van der Waals surface area (Å²) >= 11 is 0. The van der Waals surface area contributed by atoms with Crippen LogP contribution in [0, 0.1) is 69.5 Å². The SMILES string of the molecule is CNCC1CCCC1(CN=C1NC2n3cc4[nH]ccc4c3CCC23C(O)NC2CCCCC2C#CCC24Cc5ccc(O)c(c5)OC5CCCC3(N1)C5C#CC2CCC1C(OC(C)=O)CC(c2cc(O)c(O)c(OCCc3cccnc3)c2)OC14)CC1=CCNC(N)=C1. The lowest BCUT2D eigenvalue weighted by Crippen LogP contribution is -2.81. The molecule has 19 heteroatoms. The Kier molecular flexibility index (Phi) is 16.4. The van der Waals surface area contributed by atoms with Gasteiger partial charge in [-0.05, 0) is 173 Å². The number of benzene rings is 2. The molecule has 4 aliphatic carbocycles.